The highest BCUT2D eigenvalue weighted by molar-refractivity contribution is 6.45. The monoisotopic (exact) mass is 370 g/mol. The number of rotatable bonds is 3. The van der Waals surface area contributed by atoms with E-state index in [2.05, 4.69) is 15.0 Å². The average Bonchev–Trinajstić information content (AvgIpc) is 3.29. The number of imidazole rings is 1. The molecule has 1 fully saturated rings. The molecule has 2 atom stereocenters. The summed E-state index contributed by atoms with van der Waals surface area (Å²) in [7, 11) is 0. The molecule has 1 N–H and O–H groups in total. The summed E-state index contributed by atoms with van der Waals surface area (Å²) in [6.45, 7) is 1.95. The Hall–Kier alpha value is -3.54. The zero-order chi connectivity index (χ0) is 19.3. The van der Waals surface area contributed by atoms with E-state index in [4.69, 9.17) is 0 Å². The number of anilines is 1. The minimum atomic E-state index is -0.461. The third-order valence-corrected chi connectivity index (χ3v) is 5.55. The Morgan fingerprint density at radius 3 is 2.75 bits per heavy atom. The standard InChI is InChI=1S/C22H18N4O2/c1-2-14-20(16-9-10-23-17-6-4-3-5-15(16)17)26(22(28)21(14)27)13-7-8-18-19(11-13)25-12-24-18/h3-12,14,20H,2H2,1H3,(H,24,25). The molecular weight excluding hydrogens is 352 g/mol. The van der Waals surface area contributed by atoms with Crippen LogP contribution in [0.15, 0.2) is 61.1 Å². The van der Waals surface area contributed by atoms with E-state index in [1.54, 1.807) is 17.4 Å². The Labute approximate surface area is 161 Å². The SMILES string of the molecule is CCC1C(=O)C(=O)N(c2ccc3nc[nH]c3c2)C1c1ccnc2ccccc12. The molecule has 2 aromatic carbocycles. The number of H-pyrrole nitrogens is 1. The second kappa shape index (κ2) is 6.27. The molecule has 1 aliphatic heterocycles. The first kappa shape index (κ1) is 16.6. The van der Waals surface area contributed by atoms with Crippen molar-refractivity contribution in [1.29, 1.82) is 0 Å². The largest absolute Gasteiger partial charge is 0.345 e. The highest BCUT2D eigenvalue weighted by Gasteiger charge is 2.48. The Balaban J connectivity index is 1.73. The number of ketones is 1. The summed E-state index contributed by atoms with van der Waals surface area (Å²) >= 11 is 0. The van der Waals surface area contributed by atoms with Crippen molar-refractivity contribution in [2.75, 3.05) is 4.90 Å². The predicted molar refractivity (Wildman–Crippen MR) is 107 cm³/mol. The summed E-state index contributed by atoms with van der Waals surface area (Å²) in [6, 6.07) is 15.0. The van der Waals surface area contributed by atoms with Gasteiger partial charge in [-0.2, -0.15) is 0 Å². The maximum Gasteiger partial charge on any atom is 0.295 e. The molecule has 3 heterocycles. The van der Waals surface area contributed by atoms with Gasteiger partial charge in [0, 0.05) is 17.3 Å². The second-order valence-electron chi connectivity index (χ2n) is 7.02. The van der Waals surface area contributed by atoms with Crippen LogP contribution in [0.3, 0.4) is 0 Å². The summed E-state index contributed by atoms with van der Waals surface area (Å²) in [4.78, 5) is 39.2. The van der Waals surface area contributed by atoms with E-state index in [1.165, 1.54) is 0 Å². The van der Waals surface area contributed by atoms with E-state index in [0.29, 0.717) is 12.1 Å². The number of nitrogens with one attached hydrogen (secondary N) is 1. The fourth-order valence-corrected chi connectivity index (χ4v) is 4.22. The van der Waals surface area contributed by atoms with Crippen molar-refractivity contribution in [1.82, 2.24) is 15.0 Å². The minimum Gasteiger partial charge on any atom is -0.345 e. The first-order valence-corrected chi connectivity index (χ1v) is 9.33. The van der Waals surface area contributed by atoms with Gasteiger partial charge in [0.15, 0.2) is 0 Å². The van der Waals surface area contributed by atoms with Crippen LogP contribution in [-0.2, 0) is 9.59 Å². The average molecular weight is 370 g/mol. The van der Waals surface area contributed by atoms with Crippen LogP contribution in [0.1, 0.15) is 24.9 Å². The lowest BCUT2D eigenvalue weighted by atomic mass is 9.89. The maximum atomic E-state index is 13.0. The van der Waals surface area contributed by atoms with Gasteiger partial charge in [0.1, 0.15) is 0 Å². The third-order valence-electron chi connectivity index (χ3n) is 5.55. The van der Waals surface area contributed by atoms with Gasteiger partial charge in [0.05, 0.1) is 34.8 Å². The summed E-state index contributed by atoms with van der Waals surface area (Å²) in [6.07, 6.45) is 3.96. The number of benzene rings is 2. The molecule has 28 heavy (non-hydrogen) atoms. The van der Waals surface area contributed by atoms with Crippen LogP contribution in [-0.4, -0.2) is 26.6 Å². The van der Waals surface area contributed by atoms with E-state index < -0.39 is 11.8 Å². The minimum absolute atomic E-state index is 0.335. The van der Waals surface area contributed by atoms with Crippen LogP contribution < -0.4 is 4.90 Å². The van der Waals surface area contributed by atoms with Gasteiger partial charge in [-0.1, -0.05) is 25.1 Å². The van der Waals surface area contributed by atoms with Crippen molar-refractivity contribution >= 4 is 39.3 Å². The van der Waals surface area contributed by atoms with E-state index >= 15 is 0 Å². The molecule has 0 spiro atoms. The van der Waals surface area contributed by atoms with Gasteiger partial charge < -0.3 is 4.98 Å². The Kier molecular flexibility index (Phi) is 3.72. The first-order valence-electron chi connectivity index (χ1n) is 9.33. The van der Waals surface area contributed by atoms with E-state index in [1.807, 2.05) is 55.5 Å². The molecule has 1 amide bonds. The fraction of sp³-hybridized carbons (Fsp3) is 0.182. The summed E-state index contributed by atoms with van der Waals surface area (Å²) in [5.74, 6) is -1.19. The van der Waals surface area contributed by atoms with Crippen molar-refractivity contribution in [3.63, 3.8) is 0 Å². The molecule has 5 rings (SSSR count). The molecule has 1 saturated heterocycles. The van der Waals surface area contributed by atoms with E-state index in [9.17, 15) is 9.59 Å². The number of carbonyl (C=O) groups excluding carboxylic acids is 2. The molecule has 138 valence electrons. The van der Waals surface area contributed by atoms with Crippen LogP contribution in [0.5, 0.6) is 0 Å². The van der Waals surface area contributed by atoms with Crippen molar-refractivity contribution < 1.29 is 9.59 Å². The number of Topliss-reactive ketones (excluding diaryl/α,β-unsaturated/α-hetero) is 1. The highest BCUT2D eigenvalue weighted by atomic mass is 16.2. The van der Waals surface area contributed by atoms with Gasteiger partial charge in [-0.15, -0.1) is 0 Å². The molecule has 0 radical (unpaired) electrons. The molecule has 0 bridgehead atoms. The molecule has 1 aliphatic rings. The lowest BCUT2D eigenvalue weighted by Crippen LogP contribution is -2.29. The predicted octanol–water partition coefficient (Wildman–Crippen LogP) is 3.79. The number of amides is 1. The summed E-state index contributed by atoms with van der Waals surface area (Å²) in [5, 5.41) is 0.962. The Bertz CT molecular complexity index is 1220. The molecule has 0 aliphatic carbocycles. The van der Waals surface area contributed by atoms with Crippen LogP contribution >= 0.6 is 0 Å². The second-order valence-corrected chi connectivity index (χ2v) is 7.02. The molecule has 4 aromatic rings. The number of nitrogens with zero attached hydrogens (tertiary/aromatic N) is 3. The third kappa shape index (κ3) is 2.34. The number of pyridine rings is 1. The Morgan fingerprint density at radius 1 is 1.04 bits per heavy atom. The van der Waals surface area contributed by atoms with Crippen molar-refractivity contribution in [3.05, 3.63) is 66.6 Å². The number of fused-ring (bicyclic) bond motifs is 2. The van der Waals surface area contributed by atoms with Gasteiger partial charge >= 0.3 is 0 Å². The fourth-order valence-electron chi connectivity index (χ4n) is 4.22. The molecule has 2 unspecified atom stereocenters. The quantitative estimate of drug-likeness (QED) is 0.557. The number of para-hydroxylation sites is 1. The number of aromatic nitrogens is 3. The number of hydrogen-bond acceptors (Lipinski definition) is 4. The zero-order valence-electron chi connectivity index (χ0n) is 15.3. The molecular formula is C22H18N4O2. The van der Waals surface area contributed by atoms with Gasteiger partial charge in [-0.05, 0) is 42.3 Å². The van der Waals surface area contributed by atoms with Crippen LogP contribution in [0.2, 0.25) is 0 Å². The molecule has 0 saturated carbocycles. The van der Waals surface area contributed by atoms with Crippen molar-refractivity contribution in [2.24, 2.45) is 5.92 Å². The summed E-state index contributed by atoms with van der Waals surface area (Å²) < 4.78 is 0. The summed E-state index contributed by atoms with van der Waals surface area (Å²) in [5.41, 5.74) is 4.14. The van der Waals surface area contributed by atoms with E-state index in [-0.39, 0.29) is 11.8 Å². The van der Waals surface area contributed by atoms with E-state index in [0.717, 1.165) is 27.5 Å². The zero-order valence-corrected chi connectivity index (χ0v) is 15.3. The molecule has 6 heteroatoms. The normalized spacial score (nSPS) is 19.8. The number of carbonyl (C=O) groups is 2. The number of hydrogen-bond donors (Lipinski definition) is 1. The molecule has 6 nitrogen and oxygen atoms in total. The lowest BCUT2D eigenvalue weighted by molar-refractivity contribution is -0.135. The van der Waals surface area contributed by atoms with Crippen molar-refractivity contribution in [2.45, 2.75) is 19.4 Å². The molecule has 2 aromatic heterocycles. The van der Waals surface area contributed by atoms with Gasteiger partial charge in [0.25, 0.3) is 5.91 Å². The smallest absolute Gasteiger partial charge is 0.295 e. The Morgan fingerprint density at radius 2 is 1.89 bits per heavy atom. The van der Waals surface area contributed by atoms with Crippen molar-refractivity contribution in [3.8, 4) is 0 Å². The number of aromatic amines is 1. The van der Waals surface area contributed by atoms with Crippen LogP contribution in [0.4, 0.5) is 5.69 Å². The highest BCUT2D eigenvalue weighted by Crippen LogP contribution is 2.43. The van der Waals surface area contributed by atoms with Crippen LogP contribution in [0.25, 0.3) is 21.9 Å². The lowest BCUT2D eigenvalue weighted by Gasteiger charge is -2.28. The topological polar surface area (TPSA) is 79.0 Å². The van der Waals surface area contributed by atoms with Gasteiger partial charge in [0.2, 0.25) is 5.78 Å². The first-order chi connectivity index (χ1) is 13.7. The van der Waals surface area contributed by atoms with Gasteiger partial charge in [-0.25, -0.2) is 4.98 Å². The van der Waals surface area contributed by atoms with Crippen LogP contribution in [0, 0.1) is 5.92 Å². The maximum absolute atomic E-state index is 13.0. The van der Waals surface area contributed by atoms with Gasteiger partial charge in [-0.3, -0.25) is 19.5 Å².